The number of thioether (sulfide) groups is 1. The molecule has 1 aliphatic heterocycles. The minimum atomic E-state index is -4.56. The smallest absolute Gasteiger partial charge is 0.391 e. The van der Waals surface area contributed by atoms with Crippen LogP contribution in [0.1, 0.15) is 24.0 Å². The number of aliphatic hydroxyl groups excluding tert-OH is 1. The molecular formula is C21H23ClF3NO2S. The number of aliphatic hydroxyl groups is 2. The number of hydrogen-bond donors (Lipinski definition) is 2. The zero-order chi connectivity index (χ0) is 21.1. The number of nitrogens with zero attached hydrogens (tertiary/aromatic N) is 1. The van der Waals surface area contributed by atoms with Gasteiger partial charge in [0, 0.05) is 30.3 Å². The molecule has 1 heterocycles. The molecule has 0 unspecified atom stereocenters. The Morgan fingerprint density at radius 2 is 1.76 bits per heavy atom. The zero-order valence-corrected chi connectivity index (χ0v) is 17.3. The Morgan fingerprint density at radius 1 is 1.10 bits per heavy atom. The fourth-order valence-corrected chi connectivity index (χ4v) is 4.55. The summed E-state index contributed by atoms with van der Waals surface area (Å²) in [5.41, 5.74) is -2.03. The van der Waals surface area contributed by atoms with Crippen molar-refractivity contribution in [2.45, 2.75) is 35.6 Å². The summed E-state index contributed by atoms with van der Waals surface area (Å²) in [4.78, 5) is 3.12. The summed E-state index contributed by atoms with van der Waals surface area (Å²) in [7, 11) is 0. The lowest BCUT2D eigenvalue weighted by atomic mass is 9.83. The molecular weight excluding hydrogens is 423 g/mol. The second kappa shape index (κ2) is 9.27. The first-order valence-corrected chi connectivity index (χ1v) is 10.7. The summed E-state index contributed by atoms with van der Waals surface area (Å²) in [6, 6.07) is 13.4. The van der Waals surface area contributed by atoms with Gasteiger partial charge in [-0.3, -0.25) is 0 Å². The molecule has 0 amide bonds. The Balaban J connectivity index is 1.55. The van der Waals surface area contributed by atoms with Crippen molar-refractivity contribution < 1.29 is 23.4 Å². The van der Waals surface area contributed by atoms with Gasteiger partial charge in [0.15, 0.2) is 0 Å². The largest absolute Gasteiger partial charge is 0.417 e. The number of benzene rings is 2. The van der Waals surface area contributed by atoms with Gasteiger partial charge in [-0.05, 0) is 42.7 Å². The first-order chi connectivity index (χ1) is 13.7. The summed E-state index contributed by atoms with van der Waals surface area (Å²) >= 11 is 7.25. The molecule has 3 nitrogen and oxygen atoms in total. The van der Waals surface area contributed by atoms with Crippen LogP contribution in [0.5, 0.6) is 0 Å². The zero-order valence-electron chi connectivity index (χ0n) is 15.7. The number of hydrogen-bond acceptors (Lipinski definition) is 4. The van der Waals surface area contributed by atoms with Crippen LogP contribution in [0.15, 0.2) is 53.4 Å². The van der Waals surface area contributed by atoms with Crippen LogP contribution in [-0.2, 0) is 11.8 Å². The molecule has 8 heteroatoms. The van der Waals surface area contributed by atoms with Crippen molar-refractivity contribution >= 4 is 23.4 Å². The van der Waals surface area contributed by atoms with Crippen LogP contribution in [-0.4, -0.2) is 46.6 Å². The Bertz CT molecular complexity index is 811. The van der Waals surface area contributed by atoms with Crippen molar-refractivity contribution in [1.29, 1.82) is 0 Å². The summed E-state index contributed by atoms with van der Waals surface area (Å²) in [5, 5.41) is 20.9. The van der Waals surface area contributed by atoms with Gasteiger partial charge >= 0.3 is 6.18 Å². The number of halogens is 4. The van der Waals surface area contributed by atoms with Crippen LogP contribution in [0.2, 0.25) is 5.02 Å². The van der Waals surface area contributed by atoms with Crippen LogP contribution in [0.25, 0.3) is 0 Å². The van der Waals surface area contributed by atoms with E-state index >= 15 is 0 Å². The Hall–Kier alpha value is -1.25. The maximum absolute atomic E-state index is 13.1. The Morgan fingerprint density at radius 3 is 2.38 bits per heavy atom. The van der Waals surface area contributed by atoms with Crippen molar-refractivity contribution in [3.05, 3.63) is 64.7 Å². The molecule has 2 aromatic carbocycles. The lowest BCUT2D eigenvalue weighted by molar-refractivity contribution is -0.137. The van der Waals surface area contributed by atoms with Gasteiger partial charge in [0.2, 0.25) is 0 Å². The highest BCUT2D eigenvalue weighted by Crippen LogP contribution is 2.40. The molecule has 0 spiro atoms. The number of likely N-dealkylation sites (tertiary alicyclic amines) is 1. The minimum Gasteiger partial charge on any atom is -0.391 e. The topological polar surface area (TPSA) is 43.7 Å². The van der Waals surface area contributed by atoms with E-state index in [-0.39, 0.29) is 10.6 Å². The second-order valence-corrected chi connectivity index (χ2v) is 8.80. The van der Waals surface area contributed by atoms with E-state index in [1.807, 2.05) is 35.2 Å². The minimum absolute atomic E-state index is 0.231. The first-order valence-electron chi connectivity index (χ1n) is 9.35. The van der Waals surface area contributed by atoms with E-state index in [9.17, 15) is 23.4 Å². The van der Waals surface area contributed by atoms with Crippen LogP contribution in [0, 0.1) is 0 Å². The van der Waals surface area contributed by atoms with Gasteiger partial charge in [0.25, 0.3) is 0 Å². The van der Waals surface area contributed by atoms with Gasteiger partial charge in [-0.1, -0.05) is 35.9 Å². The molecule has 1 fully saturated rings. The van der Waals surface area contributed by atoms with Gasteiger partial charge in [0.05, 0.1) is 22.3 Å². The molecule has 2 N–H and O–H groups in total. The Kier molecular flexibility index (Phi) is 7.17. The maximum atomic E-state index is 13.1. The van der Waals surface area contributed by atoms with Crippen LogP contribution < -0.4 is 0 Å². The quantitative estimate of drug-likeness (QED) is 0.627. The van der Waals surface area contributed by atoms with E-state index in [2.05, 4.69) is 0 Å². The van der Waals surface area contributed by atoms with Crippen LogP contribution >= 0.6 is 23.4 Å². The lowest BCUT2D eigenvalue weighted by Gasteiger charge is -2.39. The summed E-state index contributed by atoms with van der Waals surface area (Å²) in [5.74, 6) is 0.552. The highest BCUT2D eigenvalue weighted by molar-refractivity contribution is 7.99. The highest BCUT2D eigenvalue weighted by atomic mass is 35.5. The molecule has 2 aromatic rings. The van der Waals surface area contributed by atoms with Gasteiger partial charge in [0.1, 0.15) is 0 Å². The third kappa shape index (κ3) is 5.89. The van der Waals surface area contributed by atoms with Crippen LogP contribution in [0.4, 0.5) is 13.2 Å². The number of piperidine rings is 1. The predicted molar refractivity (Wildman–Crippen MR) is 109 cm³/mol. The normalized spacial score (nSPS) is 18.6. The average molecular weight is 446 g/mol. The number of alkyl halides is 3. The van der Waals surface area contributed by atoms with Gasteiger partial charge < -0.3 is 15.1 Å². The van der Waals surface area contributed by atoms with Crippen molar-refractivity contribution in [1.82, 2.24) is 4.90 Å². The molecule has 0 aliphatic carbocycles. The summed E-state index contributed by atoms with van der Waals surface area (Å²) in [6.07, 6.45) is -4.50. The molecule has 29 heavy (non-hydrogen) atoms. The van der Waals surface area contributed by atoms with E-state index in [1.165, 1.54) is 12.1 Å². The molecule has 1 saturated heterocycles. The fourth-order valence-electron chi connectivity index (χ4n) is 3.49. The fraction of sp³-hybridized carbons (Fsp3) is 0.429. The third-order valence-electron chi connectivity index (χ3n) is 5.15. The molecule has 158 valence electrons. The van der Waals surface area contributed by atoms with Gasteiger partial charge in [-0.15, -0.1) is 11.8 Å². The molecule has 0 bridgehead atoms. The highest BCUT2D eigenvalue weighted by Gasteiger charge is 2.38. The van der Waals surface area contributed by atoms with Crippen LogP contribution in [0.3, 0.4) is 0 Å². The van der Waals surface area contributed by atoms with E-state index in [1.54, 1.807) is 11.8 Å². The molecule has 0 aromatic heterocycles. The van der Waals surface area contributed by atoms with Crippen molar-refractivity contribution in [3.8, 4) is 0 Å². The molecule has 1 atom stereocenters. The SMILES string of the molecule is O[C@@H](CSc1ccccc1)CN1CCC(O)(c2ccc(Cl)c(C(F)(F)F)c2)CC1. The predicted octanol–water partition coefficient (Wildman–Crippen LogP) is 4.80. The monoisotopic (exact) mass is 445 g/mol. The Labute approximate surface area is 177 Å². The van der Waals surface area contributed by atoms with Gasteiger partial charge in [-0.25, -0.2) is 0 Å². The van der Waals surface area contributed by atoms with Crippen molar-refractivity contribution in [2.75, 3.05) is 25.4 Å². The number of β-amino-alcohol motifs (C(OH)–C–C–N with tert-alkyl or cyclic N) is 1. The molecule has 0 saturated carbocycles. The summed E-state index contributed by atoms with van der Waals surface area (Å²) in [6.45, 7) is 1.45. The van der Waals surface area contributed by atoms with Crippen molar-refractivity contribution in [2.24, 2.45) is 0 Å². The standard InChI is InChI=1S/C21H23ClF3NO2S/c22-19-7-6-15(12-18(19)21(23,24)25)20(28)8-10-26(11-9-20)13-16(27)14-29-17-4-2-1-3-5-17/h1-7,12,16,27-28H,8-11,13-14H2/t16-/m1/s1. The molecule has 0 radical (unpaired) electrons. The van der Waals surface area contributed by atoms with E-state index in [0.717, 1.165) is 11.0 Å². The second-order valence-electron chi connectivity index (χ2n) is 7.30. The lowest BCUT2D eigenvalue weighted by Crippen LogP contribution is -2.45. The van der Waals surface area contributed by atoms with E-state index in [4.69, 9.17) is 11.6 Å². The average Bonchev–Trinajstić information content (AvgIpc) is 2.68. The molecule has 1 aliphatic rings. The van der Waals surface area contributed by atoms with Gasteiger partial charge in [-0.2, -0.15) is 13.2 Å². The van der Waals surface area contributed by atoms with E-state index < -0.39 is 23.4 Å². The summed E-state index contributed by atoms with van der Waals surface area (Å²) < 4.78 is 39.4. The maximum Gasteiger partial charge on any atom is 0.417 e. The van der Waals surface area contributed by atoms with Crippen molar-refractivity contribution in [3.63, 3.8) is 0 Å². The first kappa shape index (κ1) is 22.4. The van der Waals surface area contributed by atoms with E-state index in [0.29, 0.717) is 38.2 Å². The number of rotatable bonds is 6. The molecule has 3 rings (SSSR count). The third-order valence-corrected chi connectivity index (χ3v) is 6.63.